The molecular weight excluding hydrogens is 408 g/mol. The highest BCUT2D eigenvalue weighted by atomic mass is 16.6. The molecule has 4 rings (SSSR count). The van der Waals surface area contributed by atoms with Crippen LogP contribution >= 0.6 is 0 Å². The van der Waals surface area contributed by atoms with Crippen LogP contribution in [0.5, 0.6) is 0 Å². The first kappa shape index (κ1) is 21.0. The number of carbonyl (C=O) groups is 2. The summed E-state index contributed by atoms with van der Waals surface area (Å²) in [4.78, 5) is 39.7. The Bertz CT molecular complexity index is 1130. The summed E-state index contributed by atoms with van der Waals surface area (Å²) in [7, 11) is 0. The van der Waals surface area contributed by atoms with Crippen LogP contribution in [0.4, 0.5) is 21.9 Å². The highest BCUT2D eigenvalue weighted by molar-refractivity contribution is 6.07. The van der Waals surface area contributed by atoms with Gasteiger partial charge < -0.3 is 10.2 Å². The van der Waals surface area contributed by atoms with Crippen molar-refractivity contribution in [3.05, 3.63) is 100 Å². The Labute approximate surface area is 185 Å². The van der Waals surface area contributed by atoms with Crippen LogP contribution in [0.2, 0.25) is 0 Å². The molecule has 3 aromatic carbocycles. The molecule has 1 aliphatic rings. The molecule has 162 valence electrons. The van der Waals surface area contributed by atoms with Gasteiger partial charge in [0.2, 0.25) is 0 Å². The number of nitro benzene ring substituents is 1. The number of nitro groups is 1. The Morgan fingerprint density at radius 1 is 0.938 bits per heavy atom. The van der Waals surface area contributed by atoms with Crippen molar-refractivity contribution in [2.75, 3.05) is 23.3 Å². The van der Waals surface area contributed by atoms with Crippen LogP contribution < -0.4 is 10.2 Å². The number of anilines is 2. The standard InChI is InChI=1S/C24H22N4O4/c29-23(19-11-13-20(14-12-19)28(31)32)25-21-9-4-5-10-22(21)27-16-6-15-26(24(27)30)17-18-7-2-1-3-8-18/h1-5,7-14H,6,15-17H2,(H,25,29). The van der Waals surface area contributed by atoms with E-state index in [1.165, 1.54) is 24.3 Å². The largest absolute Gasteiger partial charge is 0.324 e. The fourth-order valence-corrected chi connectivity index (χ4v) is 3.70. The summed E-state index contributed by atoms with van der Waals surface area (Å²) in [6.07, 6.45) is 0.809. The number of benzene rings is 3. The maximum Gasteiger partial charge on any atom is 0.324 e. The lowest BCUT2D eigenvalue weighted by atomic mass is 10.1. The summed E-state index contributed by atoms with van der Waals surface area (Å²) in [5.74, 6) is -0.405. The monoisotopic (exact) mass is 430 g/mol. The zero-order chi connectivity index (χ0) is 22.5. The quantitative estimate of drug-likeness (QED) is 0.454. The molecule has 0 aliphatic carbocycles. The number of non-ortho nitro benzene ring substituents is 1. The molecule has 0 spiro atoms. The van der Waals surface area contributed by atoms with E-state index in [2.05, 4.69) is 5.32 Å². The molecule has 3 aromatic rings. The fourth-order valence-electron chi connectivity index (χ4n) is 3.70. The fraction of sp³-hybridized carbons (Fsp3) is 0.167. The van der Waals surface area contributed by atoms with Crippen LogP contribution in [0.25, 0.3) is 0 Å². The molecule has 1 saturated heterocycles. The van der Waals surface area contributed by atoms with E-state index in [9.17, 15) is 19.7 Å². The minimum absolute atomic E-state index is 0.0839. The third-order valence-corrected chi connectivity index (χ3v) is 5.31. The van der Waals surface area contributed by atoms with Crippen LogP contribution in [0.15, 0.2) is 78.9 Å². The molecule has 1 fully saturated rings. The molecule has 0 unspecified atom stereocenters. The van der Waals surface area contributed by atoms with Crippen molar-refractivity contribution in [1.82, 2.24) is 4.90 Å². The Kier molecular flexibility index (Phi) is 6.12. The van der Waals surface area contributed by atoms with Gasteiger partial charge in [0, 0.05) is 37.3 Å². The second-order valence-electron chi connectivity index (χ2n) is 7.47. The first-order chi connectivity index (χ1) is 15.5. The minimum atomic E-state index is -0.514. The van der Waals surface area contributed by atoms with Gasteiger partial charge >= 0.3 is 6.03 Å². The molecule has 8 heteroatoms. The highest BCUT2D eigenvalue weighted by Gasteiger charge is 2.28. The molecule has 0 atom stereocenters. The van der Waals surface area contributed by atoms with E-state index in [4.69, 9.17) is 0 Å². The molecule has 0 radical (unpaired) electrons. The van der Waals surface area contributed by atoms with Gasteiger partial charge in [0.15, 0.2) is 0 Å². The summed E-state index contributed by atoms with van der Waals surface area (Å²) in [6.45, 7) is 1.74. The Morgan fingerprint density at radius 2 is 1.62 bits per heavy atom. The number of nitrogens with one attached hydrogen (secondary N) is 1. The number of amides is 3. The lowest BCUT2D eigenvalue weighted by molar-refractivity contribution is -0.384. The second kappa shape index (κ2) is 9.30. The van der Waals surface area contributed by atoms with Gasteiger partial charge in [0.1, 0.15) is 0 Å². The van der Waals surface area contributed by atoms with Gasteiger partial charge in [-0.15, -0.1) is 0 Å². The summed E-state index contributed by atoms with van der Waals surface area (Å²) < 4.78 is 0. The minimum Gasteiger partial charge on any atom is -0.320 e. The number of hydrogen-bond acceptors (Lipinski definition) is 4. The van der Waals surface area contributed by atoms with E-state index >= 15 is 0 Å². The summed E-state index contributed by atoms with van der Waals surface area (Å²) in [5.41, 5.74) is 2.39. The van der Waals surface area contributed by atoms with Gasteiger partial charge in [0.05, 0.1) is 16.3 Å². The van der Waals surface area contributed by atoms with E-state index in [0.29, 0.717) is 36.6 Å². The molecular formula is C24H22N4O4. The SMILES string of the molecule is O=C(Nc1ccccc1N1CCCN(Cc2ccccc2)C1=O)c1ccc([N+](=O)[O-])cc1. The number of nitrogens with zero attached hydrogens (tertiary/aromatic N) is 3. The molecule has 1 N–H and O–H groups in total. The second-order valence-corrected chi connectivity index (χ2v) is 7.47. The number of urea groups is 1. The van der Waals surface area contributed by atoms with Crippen LogP contribution in [-0.2, 0) is 6.54 Å². The average molecular weight is 430 g/mol. The van der Waals surface area contributed by atoms with E-state index in [1.54, 1.807) is 28.0 Å². The van der Waals surface area contributed by atoms with Crippen molar-refractivity contribution in [2.45, 2.75) is 13.0 Å². The molecule has 0 saturated carbocycles. The van der Waals surface area contributed by atoms with Gasteiger partial charge in [-0.2, -0.15) is 0 Å². The Balaban J connectivity index is 1.52. The smallest absolute Gasteiger partial charge is 0.320 e. The Hall–Kier alpha value is -4.20. The number of para-hydroxylation sites is 2. The predicted molar refractivity (Wildman–Crippen MR) is 122 cm³/mol. The van der Waals surface area contributed by atoms with E-state index < -0.39 is 10.8 Å². The van der Waals surface area contributed by atoms with Crippen molar-refractivity contribution in [2.24, 2.45) is 0 Å². The number of rotatable bonds is 6. The lowest BCUT2D eigenvalue weighted by Crippen LogP contribution is -2.49. The van der Waals surface area contributed by atoms with Crippen LogP contribution in [0, 0.1) is 10.1 Å². The average Bonchev–Trinajstić information content (AvgIpc) is 2.82. The van der Waals surface area contributed by atoms with Crippen molar-refractivity contribution < 1.29 is 14.5 Å². The normalized spacial score (nSPS) is 13.7. The third kappa shape index (κ3) is 4.59. The molecule has 32 heavy (non-hydrogen) atoms. The molecule has 0 bridgehead atoms. The van der Waals surface area contributed by atoms with Crippen molar-refractivity contribution in [3.63, 3.8) is 0 Å². The lowest BCUT2D eigenvalue weighted by Gasteiger charge is -2.36. The topological polar surface area (TPSA) is 95.8 Å². The van der Waals surface area contributed by atoms with Gasteiger partial charge in [-0.05, 0) is 36.2 Å². The molecule has 8 nitrogen and oxygen atoms in total. The summed E-state index contributed by atoms with van der Waals surface area (Å²) >= 11 is 0. The van der Waals surface area contributed by atoms with Gasteiger partial charge in [0.25, 0.3) is 11.6 Å². The van der Waals surface area contributed by atoms with Crippen LogP contribution in [0.3, 0.4) is 0 Å². The first-order valence-corrected chi connectivity index (χ1v) is 10.3. The van der Waals surface area contributed by atoms with Crippen molar-refractivity contribution in [1.29, 1.82) is 0 Å². The summed E-state index contributed by atoms with van der Waals surface area (Å²) in [5, 5.41) is 13.7. The van der Waals surface area contributed by atoms with Crippen molar-refractivity contribution >= 4 is 29.0 Å². The molecule has 1 heterocycles. The predicted octanol–water partition coefficient (Wildman–Crippen LogP) is 4.68. The summed E-state index contributed by atoms with van der Waals surface area (Å²) in [6, 6.07) is 22.2. The zero-order valence-electron chi connectivity index (χ0n) is 17.3. The highest BCUT2D eigenvalue weighted by Crippen LogP contribution is 2.29. The van der Waals surface area contributed by atoms with E-state index in [0.717, 1.165) is 12.0 Å². The maximum atomic E-state index is 13.2. The van der Waals surface area contributed by atoms with Gasteiger partial charge in [-0.1, -0.05) is 42.5 Å². The molecule has 1 aliphatic heterocycles. The van der Waals surface area contributed by atoms with Crippen LogP contribution in [-0.4, -0.2) is 34.9 Å². The number of carbonyl (C=O) groups excluding carboxylic acids is 2. The van der Waals surface area contributed by atoms with E-state index in [-0.39, 0.29) is 11.7 Å². The third-order valence-electron chi connectivity index (χ3n) is 5.31. The Morgan fingerprint density at radius 3 is 2.34 bits per heavy atom. The van der Waals surface area contributed by atoms with Crippen LogP contribution in [0.1, 0.15) is 22.3 Å². The number of hydrogen-bond donors (Lipinski definition) is 1. The van der Waals surface area contributed by atoms with E-state index in [1.807, 2.05) is 36.4 Å². The zero-order valence-corrected chi connectivity index (χ0v) is 17.3. The molecule has 0 aromatic heterocycles. The van der Waals surface area contributed by atoms with Gasteiger partial charge in [-0.25, -0.2) is 4.79 Å². The molecule has 3 amide bonds. The van der Waals surface area contributed by atoms with Gasteiger partial charge in [-0.3, -0.25) is 19.8 Å². The maximum absolute atomic E-state index is 13.2. The van der Waals surface area contributed by atoms with Crippen molar-refractivity contribution in [3.8, 4) is 0 Å². The first-order valence-electron chi connectivity index (χ1n) is 10.3.